The highest BCUT2D eigenvalue weighted by Crippen LogP contribution is 2.28. The number of aliphatic hydroxyl groups excluding tert-OH is 2. The van der Waals surface area contributed by atoms with Crippen molar-refractivity contribution in [2.24, 2.45) is 11.8 Å². The van der Waals surface area contributed by atoms with E-state index >= 15 is 0 Å². The SMILES string of the molecule is CCC(CCO)CNCC(O)COCC1CC1. The predicted molar refractivity (Wildman–Crippen MR) is 67.9 cm³/mol. The van der Waals surface area contributed by atoms with Crippen LogP contribution in [-0.2, 0) is 4.74 Å². The van der Waals surface area contributed by atoms with Crippen LogP contribution in [0.3, 0.4) is 0 Å². The summed E-state index contributed by atoms with van der Waals surface area (Å²) >= 11 is 0. The predicted octanol–water partition coefficient (Wildman–Crippen LogP) is 0.772. The van der Waals surface area contributed by atoms with Crippen molar-refractivity contribution in [3.05, 3.63) is 0 Å². The Morgan fingerprint density at radius 1 is 1.35 bits per heavy atom. The van der Waals surface area contributed by atoms with Gasteiger partial charge < -0.3 is 20.3 Å². The zero-order chi connectivity index (χ0) is 12.5. The number of rotatable bonds is 11. The minimum Gasteiger partial charge on any atom is -0.396 e. The molecule has 0 radical (unpaired) electrons. The summed E-state index contributed by atoms with van der Waals surface area (Å²) in [6.07, 6.45) is 4.04. The molecule has 0 aromatic heterocycles. The van der Waals surface area contributed by atoms with Gasteiger partial charge in [0.1, 0.15) is 0 Å². The molecule has 2 atom stereocenters. The quantitative estimate of drug-likeness (QED) is 0.503. The van der Waals surface area contributed by atoms with Gasteiger partial charge in [-0.05, 0) is 37.6 Å². The summed E-state index contributed by atoms with van der Waals surface area (Å²) in [6, 6.07) is 0. The molecule has 17 heavy (non-hydrogen) atoms. The van der Waals surface area contributed by atoms with E-state index in [4.69, 9.17) is 9.84 Å². The first-order chi connectivity index (χ1) is 8.26. The lowest BCUT2D eigenvalue weighted by Crippen LogP contribution is -2.33. The molecule has 1 rings (SSSR count). The fraction of sp³-hybridized carbons (Fsp3) is 1.00. The number of nitrogens with one attached hydrogen (secondary N) is 1. The van der Waals surface area contributed by atoms with Crippen molar-refractivity contribution in [3.8, 4) is 0 Å². The van der Waals surface area contributed by atoms with Crippen LogP contribution >= 0.6 is 0 Å². The van der Waals surface area contributed by atoms with E-state index in [2.05, 4.69) is 12.2 Å². The summed E-state index contributed by atoms with van der Waals surface area (Å²) in [6.45, 7) is 5.03. The molecule has 0 saturated heterocycles. The first-order valence-electron chi connectivity index (χ1n) is 6.83. The summed E-state index contributed by atoms with van der Waals surface area (Å²) < 4.78 is 5.42. The lowest BCUT2D eigenvalue weighted by atomic mass is 10.0. The standard InChI is InChI=1S/C13H27NO3/c1-2-11(5-6-15)7-14-8-13(16)10-17-9-12-3-4-12/h11-16H,2-10H2,1H3. The molecular formula is C13H27NO3. The van der Waals surface area contributed by atoms with Gasteiger partial charge in [-0.3, -0.25) is 0 Å². The van der Waals surface area contributed by atoms with E-state index < -0.39 is 6.10 Å². The molecule has 0 aromatic rings. The van der Waals surface area contributed by atoms with Crippen LogP contribution in [0.4, 0.5) is 0 Å². The van der Waals surface area contributed by atoms with Gasteiger partial charge in [0, 0.05) is 19.8 Å². The molecule has 0 spiro atoms. The topological polar surface area (TPSA) is 61.7 Å². The van der Waals surface area contributed by atoms with E-state index in [-0.39, 0.29) is 6.61 Å². The van der Waals surface area contributed by atoms with E-state index in [1.165, 1.54) is 12.8 Å². The van der Waals surface area contributed by atoms with Crippen LogP contribution in [0.15, 0.2) is 0 Å². The molecule has 1 saturated carbocycles. The Morgan fingerprint density at radius 3 is 2.71 bits per heavy atom. The Kier molecular flexibility index (Phi) is 7.77. The second-order valence-corrected chi connectivity index (χ2v) is 5.08. The van der Waals surface area contributed by atoms with Gasteiger partial charge in [0.15, 0.2) is 0 Å². The van der Waals surface area contributed by atoms with E-state index in [1.54, 1.807) is 0 Å². The third kappa shape index (κ3) is 7.71. The highest BCUT2D eigenvalue weighted by molar-refractivity contribution is 4.72. The first kappa shape index (κ1) is 14.9. The number of aliphatic hydroxyl groups is 2. The number of hydrogen-bond acceptors (Lipinski definition) is 4. The molecule has 1 aliphatic rings. The number of ether oxygens (including phenoxy) is 1. The molecule has 0 aliphatic heterocycles. The lowest BCUT2D eigenvalue weighted by Gasteiger charge is -2.16. The highest BCUT2D eigenvalue weighted by atomic mass is 16.5. The lowest BCUT2D eigenvalue weighted by molar-refractivity contribution is 0.0320. The zero-order valence-electron chi connectivity index (χ0n) is 10.9. The van der Waals surface area contributed by atoms with E-state index in [0.29, 0.717) is 19.1 Å². The minimum atomic E-state index is -0.416. The third-order valence-corrected chi connectivity index (χ3v) is 3.29. The first-order valence-corrected chi connectivity index (χ1v) is 6.83. The maximum atomic E-state index is 9.66. The number of hydrogen-bond donors (Lipinski definition) is 3. The van der Waals surface area contributed by atoms with Crippen LogP contribution in [0, 0.1) is 11.8 Å². The average molecular weight is 245 g/mol. The molecule has 3 N–H and O–H groups in total. The second-order valence-electron chi connectivity index (χ2n) is 5.08. The third-order valence-electron chi connectivity index (χ3n) is 3.29. The minimum absolute atomic E-state index is 0.243. The molecule has 4 nitrogen and oxygen atoms in total. The van der Waals surface area contributed by atoms with Crippen molar-refractivity contribution in [2.75, 3.05) is 32.9 Å². The van der Waals surface area contributed by atoms with Crippen LogP contribution in [0.1, 0.15) is 32.6 Å². The van der Waals surface area contributed by atoms with Crippen LogP contribution in [0.25, 0.3) is 0 Å². The maximum absolute atomic E-state index is 9.66. The van der Waals surface area contributed by atoms with Gasteiger partial charge >= 0.3 is 0 Å². The van der Waals surface area contributed by atoms with Crippen molar-refractivity contribution < 1.29 is 14.9 Å². The Bertz CT molecular complexity index is 186. The Hall–Kier alpha value is -0.160. The molecule has 0 heterocycles. The molecule has 0 bridgehead atoms. The van der Waals surface area contributed by atoms with Crippen LogP contribution in [-0.4, -0.2) is 49.2 Å². The summed E-state index contributed by atoms with van der Waals surface area (Å²) in [5.74, 6) is 1.25. The molecular weight excluding hydrogens is 218 g/mol. The van der Waals surface area contributed by atoms with Crippen molar-refractivity contribution in [1.82, 2.24) is 5.32 Å². The van der Waals surface area contributed by atoms with Crippen LogP contribution < -0.4 is 5.32 Å². The van der Waals surface area contributed by atoms with Gasteiger partial charge in [0.2, 0.25) is 0 Å². The maximum Gasteiger partial charge on any atom is 0.0897 e. The van der Waals surface area contributed by atoms with Gasteiger partial charge in [-0.15, -0.1) is 0 Å². The largest absolute Gasteiger partial charge is 0.396 e. The second kappa shape index (κ2) is 8.86. The Balaban J connectivity index is 1.92. The summed E-state index contributed by atoms with van der Waals surface area (Å²) in [5.41, 5.74) is 0. The molecule has 4 heteroatoms. The van der Waals surface area contributed by atoms with Gasteiger partial charge in [-0.25, -0.2) is 0 Å². The Morgan fingerprint density at radius 2 is 2.12 bits per heavy atom. The molecule has 0 aromatic carbocycles. The monoisotopic (exact) mass is 245 g/mol. The van der Waals surface area contributed by atoms with Gasteiger partial charge in [0.05, 0.1) is 12.7 Å². The van der Waals surface area contributed by atoms with Crippen molar-refractivity contribution in [1.29, 1.82) is 0 Å². The van der Waals surface area contributed by atoms with Gasteiger partial charge in [-0.2, -0.15) is 0 Å². The highest BCUT2D eigenvalue weighted by Gasteiger charge is 2.21. The van der Waals surface area contributed by atoms with E-state index in [0.717, 1.165) is 31.9 Å². The zero-order valence-corrected chi connectivity index (χ0v) is 10.9. The summed E-state index contributed by atoms with van der Waals surface area (Å²) in [4.78, 5) is 0. The molecule has 102 valence electrons. The fourth-order valence-electron chi connectivity index (χ4n) is 1.80. The fourth-order valence-corrected chi connectivity index (χ4v) is 1.80. The molecule has 1 fully saturated rings. The average Bonchev–Trinajstić information content (AvgIpc) is 3.12. The van der Waals surface area contributed by atoms with Gasteiger partial charge in [0.25, 0.3) is 0 Å². The van der Waals surface area contributed by atoms with Crippen molar-refractivity contribution in [3.63, 3.8) is 0 Å². The summed E-state index contributed by atoms with van der Waals surface area (Å²) in [7, 11) is 0. The van der Waals surface area contributed by atoms with Gasteiger partial charge in [-0.1, -0.05) is 13.3 Å². The van der Waals surface area contributed by atoms with E-state index in [1.807, 2.05) is 0 Å². The smallest absolute Gasteiger partial charge is 0.0897 e. The van der Waals surface area contributed by atoms with Crippen LogP contribution in [0.2, 0.25) is 0 Å². The van der Waals surface area contributed by atoms with Crippen molar-refractivity contribution in [2.45, 2.75) is 38.7 Å². The normalized spacial score (nSPS) is 19.2. The summed E-state index contributed by atoms with van der Waals surface area (Å²) in [5, 5.41) is 21.7. The Labute approximate surface area is 104 Å². The van der Waals surface area contributed by atoms with Crippen LogP contribution in [0.5, 0.6) is 0 Å². The molecule has 0 amide bonds. The van der Waals surface area contributed by atoms with E-state index in [9.17, 15) is 5.11 Å². The molecule has 2 unspecified atom stereocenters. The molecule has 1 aliphatic carbocycles. The van der Waals surface area contributed by atoms with Crippen molar-refractivity contribution >= 4 is 0 Å².